The third-order valence-electron chi connectivity index (χ3n) is 2.89. The van der Waals surface area contributed by atoms with Gasteiger partial charge in [0, 0.05) is 11.6 Å². The number of aryl methyl sites for hydroxylation is 1. The number of aromatic nitrogens is 3. The minimum Gasteiger partial charge on any atom is -0.346 e. The van der Waals surface area contributed by atoms with Crippen LogP contribution in [0.3, 0.4) is 0 Å². The van der Waals surface area contributed by atoms with Crippen molar-refractivity contribution in [3.8, 4) is 10.6 Å². The highest BCUT2D eigenvalue weighted by atomic mass is 32.1. The van der Waals surface area contributed by atoms with E-state index in [4.69, 9.17) is 5.73 Å². The summed E-state index contributed by atoms with van der Waals surface area (Å²) in [5.74, 6) is 0.784. The molecule has 0 atom stereocenters. The maximum atomic E-state index is 5.66. The number of H-pyrrole nitrogens is 1. The van der Waals surface area contributed by atoms with Gasteiger partial charge in [0.15, 0.2) is 0 Å². The molecule has 0 saturated carbocycles. The van der Waals surface area contributed by atoms with E-state index in [2.05, 4.69) is 26.4 Å². The summed E-state index contributed by atoms with van der Waals surface area (Å²) in [6.45, 7) is 2.55. The molecule has 0 amide bonds. The van der Waals surface area contributed by atoms with Crippen LogP contribution in [0.5, 0.6) is 0 Å². The molecule has 4 nitrogen and oxygen atoms in total. The fourth-order valence-corrected chi connectivity index (χ4v) is 2.87. The van der Waals surface area contributed by atoms with Gasteiger partial charge in [-0.3, -0.25) is 0 Å². The summed E-state index contributed by atoms with van der Waals surface area (Å²) >= 11 is 1.69. The molecular formula is C13H14N4S. The molecule has 0 saturated heterocycles. The van der Waals surface area contributed by atoms with Gasteiger partial charge in [-0.15, -0.1) is 11.3 Å². The zero-order valence-electron chi connectivity index (χ0n) is 10.1. The molecule has 0 aliphatic heterocycles. The summed E-state index contributed by atoms with van der Waals surface area (Å²) in [5.41, 5.74) is 8.76. The van der Waals surface area contributed by atoms with E-state index in [1.165, 1.54) is 10.4 Å². The fraction of sp³-hybridized carbons (Fsp3) is 0.231. The molecule has 92 valence electrons. The molecule has 0 aliphatic rings. The van der Waals surface area contributed by atoms with E-state index in [1.807, 2.05) is 19.2 Å². The molecule has 3 N–H and O–H groups in total. The van der Waals surface area contributed by atoms with Gasteiger partial charge in [-0.25, -0.2) is 9.97 Å². The first-order valence-electron chi connectivity index (χ1n) is 5.88. The monoisotopic (exact) mass is 258 g/mol. The molecule has 0 radical (unpaired) electrons. The molecule has 5 heteroatoms. The van der Waals surface area contributed by atoms with E-state index in [0.29, 0.717) is 6.54 Å². The van der Waals surface area contributed by atoms with Gasteiger partial charge in [0.1, 0.15) is 11.5 Å². The minimum absolute atomic E-state index is 0.630. The van der Waals surface area contributed by atoms with Gasteiger partial charge in [-0.05, 0) is 36.9 Å². The lowest BCUT2D eigenvalue weighted by Crippen LogP contribution is -2.02. The van der Waals surface area contributed by atoms with E-state index in [1.54, 1.807) is 11.3 Å². The zero-order valence-corrected chi connectivity index (χ0v) is 10.9. The Morgan fingerprint density at radius 1 is 1.39 bits per heavy atom. The second-order valence-corrected chi connectivity index (χ2v) is 5.12. The Hall–Kier alpha value is -1.72. The van der Waals surface area contributed by atoms with E-state index in [-0.39, 0.29) is 0 Å². The van der Waals surface area contributed by atoms with Gasteiger partial charge < -0.3 is 10.7 Å². The van der Waals surface area contributed by atoms with Crippen LogP contribution in [-0.4, -0.2) is 21.5 Å². The third kappa shape index (κ3) is 1.81. The molecule has 0 bridgehead atoms. The van der Waals surface area contributed by atoms with Gasteiger partial charge in [0.2, 0.25) is 0 Å². The Morgan fingerprint density at radius 3 is 3.00 bits per heavy atom. The molecule has 0 unspecified atom stereocenters. The van der Waals surface area contributed by atoms with Crippen LogP contribution in [0.4, 0.5) is 0 Å². The van der Waals surface area contributed by atoms with E-state index >= 15 is 0 Å². The van der Waals surface area contributed by atoms with E-state index < -0.39 is 0 Å². The summed E-state index contributed by atoms with van der Waals surface area (Å²) < 4.78 is 0. The quantitative estimate of drug-likeness (QED) is 0.758. The molecule has 0 spiro atoms. The predicted molar refractivity (Wildman–Crippen MR) is 74.7 cm³/mol. The van der Waals surface area contributed by atoms with Crippen LogP contribution in [0.1, 0.15) is 11.4 Å². The van der Waals surface area contributed by atoms with Crippen molar-refractivity contribution in [2.75, 3.05) is 6.54 Å². The number of hydrogen-bond acceptors (Lipinski definition) is 4. The molecule has 3 aromatic rings. The summed E-state index contributed by atoms with van der Waals surface area (Å²) in [4.78, 5) is 13.4. The predicted octanol–water partition coefficient (Wildman–Crippen LogP) is 2.50. The average molecular weight is 258 g/mol. The van der Waals surface area contributed by atoms with Crippen molar-refractivity contribution in [3.63, 3.8) is 0 Å². The maximum Gasteiger partial charge on any atom is 0.141 e. The largest absolute Gasteiger partial charge is 0.346 e. The lowest BCUT2D eigenvalue weighted by atomic mass is 10.1. The first kappa shape index (κ1) is 11.4. The zero-order chi connectivity index (χ0) is 12.5. The maximum absolute atomic E-state index is 5.66. The Labute approximate surface area is 109 Å². The number of rotatable bonds is 3. The van der Waals surface area contributed by atoms with Gasteiger partial charge in [0.25, 0.3) is 0 Å². The van der Waals surface area contributed by atoms with Crippen LogP contribution in [0.2, 0.25) is 0 Å². The summed E-state index contributed by atoms with van der Waals surface area (Å²) in [6, 6.07) is 4.13. The number of hydrogen-bond donors (Lipinski definition) is 2. The number of nitrogens with one attached hydrogen (secondary N) is 1. The Bertz CT molecular complexity index is 670. The first-order chi connectivity index (χ1) is 8.79. The standard InChI is InChI=1S/C13H14N4S/c1-8-16-12(10-3-2-6-18-10)11-9(4-5-14)7-15-13(11)17-8/h2-3,6-7H,4-5,14H2,1H3,(H,15,16,17). The molecular weight excluding hydrogens is 244 g/mol. The van der Waals surface area contributed by atoms with Crippen LogP contribution in [0, 0.1) is 6.92 Å². The van der Waals surface area contributed by atoms with Crippen LogP contribution in [0.25, 0.3) is 21.6 Å². The van der Waals surface area contributed by atoms with Crippen LogP contribution in [0.15, 0.2) is 23.7 Å². The first-order valence-corrected chi connectivity index (χ1v) is 6.76. The van der Waals surface area contributed by atoms with Gasteiger partial charge >= 0.3 is 0 Å². The average Bonchev–Trinajstić information content (AvgIpc) is 2.98. The highest BCUT2D eigenvalue weighted by molar-refractivity contribution is 7.13. The van der Waals surface area contributed by atoms with E-state index in [9.17, 15) is 0 Å². The molecule has 3 heterocycles. The smallest absolute Gasteiger partial charge is 0.141 e. The van der Waals surface area contributed by atoms with Gasteiger partial charge in [-0.2, -0.15) is 0 Å². The van der Waals surface area contributed by atoms with E-state index in [0.717, 1.165) is 29.0 Å². The SMILES string of the molecule is Cc1nc(-c2cccs2)c2c(CCN)c[nH]c2n1. The van der Waals surface area contributed by atoms with Crippen molar-refractivity contribution in [2.45, 2.75) is 13.3 Å². The number of nitrogens with zero attached hydrogens (tertiary/aromatic N) is 2. The van der Waals surface area contributed by atoms with Crippen molar-refractivity contribution in [1.82, 2.24) is 15.0 Å². The Kier molecular flexibility index (Phi) is 2.85. The normalized spacial score (nSPS) is 11.2. The Balaban J connectivity index is 2.30. The summed E-state index contributed by atoms with van der Waals surface area (Å²) in [5, 5.41) is 3.17. The highest BCUT2D eigenvalue weighted by Gasteiger charge is 2.14. The van der Waals surface area contributed by atoms with Crippen LogP contribution < -0.4 is 5.73 Å². The van der Waals surface area contributed by atoms with Crippen molar-refractivity contribution >= 4 is 22.4 Å². The van der Waals surface area contributed by atoms with Gasteiger partial charge in [-0.1, -0.05) is 6.07 Å². The minimum atomic E-state index is 0.630. The van der Waals surface area contributed by atoms with Crippen molar-refractivity contribution in [2.24, 2.45) is 5.73 Å². The second-order valence-electron chi connectivity index (χ2n) is 4.17. The molecule has 3 aromatic heterocycles. The van der Waals surface area contributed by atoms with Crippen molar-refractivity contribution in [1.29, 1.82) is 0 Å². The summed E-state index contributed by atoms with van der Waals surface area (Å²) in [7, 11) is 0. The summed E-state index contributed by atoms with van der Waals surface area (Å²) in [6.07, 6.45) is 2.83. The lowest BCUT2D eigenvalue weighted by molar-refractivity contribution is 0.976. The molecule has 18 heavy (non-hydrogen) atoms. The lowest BCUT2D eigenvalue weighted by Gasteiger charge is -2.04. The topological polar surface area (TPSA) is 67.6 Å². The fourth-order valence-electron chi connectivity index (χ4n) is 2.15. The Morgan fingerprint density at radius 2 is 2.28 bits per heavy atom. The third-order valence-corrected chi connectivity index (χ3v) is 3.77. The van der Waals surface area contributed by atoms with Crippen molar-refractivity contribution in [3.05, 3.63) is 35.1 Å². The number of aromatic amines is 1. The highest BCUT2D eigenvalue weighted by Crippen LogP contribution is 2.31. The van der Waals surface area contributed by atoms with Crippen LogP contribution >= 0.6 is 11.3 Å². The number of fused-ring (bicyclic) bond motifs is 1. The second kappa shape index (κ2) is 4.51. The van der Waals surface area contributed by atoms with Crippen LogP contribution in [-0.2, 0) is 6.42 Å². The number of thiophene rings is 1. The van der Waals surface area contributed by atoms with Gasteiger partial charge in [0.05, 0.1) is 10.6 Å². The molecule has 0 aromatic carbocycles. The number of nitrogens with two attached hydrogens (primary N) is 1. The molecule has 0 fully saturated rings. The molecule has 3 rings (SSSR count). The molecule has 0 aliphatic carbocycles. The van der Waals surface area contributed by atoms with Crippen molar-refractivity contribution < 1.29 is 0 Å².